The van der Waals surface area contributed by atoms with E-state index in [0.717, 1.165) is 5.39 Å². The minimum Gasteiger partial charge on any atom is -0.508 e. The molecule has 13 heavy (non-hydrogen) atoms. The van der Waals surface area contributed by atoms with Gasteiger partial charge in [-0.25, -0.2) is 4.79 Å². The van der Waals surface area contributed by atoms with Gasteiger partial charge in [-0.05, 0) is 18.2 Å². The molecule has 1 aromatic carbocycles. The summed E-state index contributed by atoms with van der Waals surface area (Å²) < 4.78 is 4.83. The zero-order valence-corrected chi connectivity index (χ0v) is 6.86. The summed E-state index contributed by atoms with van der Waals surface area (Å²) in [6.45, 7) is 0. The van der Waals surface area contributed by atoms with Crippen LogP contribution in [0.3, 0.4) is 0 Å². The molecule has 0 amide bonds. The molecule has 2 rings (SSSR count). The average Bonchev–Trinajstić information content (AvgIpc) is 2.03. The van der Waals surface area contributed by atoms with E-state index in [4.69, 9.17) is 9.52 Å². The van der Waals surface area contributed by atoms with E-state index in [-0.39, 0.29) is 11.9 Å². The Morgan fingerprint density at radius 3 is 2.62 bits per heavy atom. The molecule has 68 valence electrons. The van der Waals surface area contributed by atoms with Crippen LogP contribution in [0.25, 0.3) is 11.0 Å². The van der Waals surface area contributed by atoms with Crippen molar-refractivity contribution in [3.63, 3.8) is 0 Å². The molecule has 0 saturated heterocycles. The van der Waals surface area contributed by atoms with Crippen molar-refractivity contribution in [2.75, 3.05) is 0 Å². The van der Waals surface area contributed by atoms with Gasteiger partial charge in [0.1, 0.15) is 11.3 Å². The predicted molar refractivity (Wildman–Crippen MR) is 49.2 cm³/mol. The van der Waals surface area contributed by atoms with Crippen molar-refractivity contribution in [2.45, 2.75) is 0 Å². The van der Waals surface area contributed by atoms with Crippen molar-refractivity contribution in [2.24, 2.45) is 0 Å². The molecule has 0 spiro atoms. The van der Waals surface area contributed by atoms with Crippen LogP contribution >= 0.6 is 0 Å². The molecule has 0 aliphatic carbocycles. The molecule has 1 heterocycles. The maximum atomic E-state index is 10.7. The third-order valence-electron chi connectivity index (χ3n) is 1.61. The summed E-state index contributed by atoms with van der Waals surface area (Å²) in [5.74, 6) is 0.0943. The van der Waals surface area contributed by atoms with E-state index in [1.807, 2.05) is 0 Å². The van der Waals surface area contributed by atoms with Crippen LogP contribution in [0.15, 0.2) is 39.5 Å². The molecule has 0 unspecified atom stereocenters. The van der Waals surface area contributed by atoms with E-state index in [9.17, 15) is 4.79 Å². The minimum atomic E-state index is -0.409. The van der Waals surface area contributed by atoms with Crippen LogP contribution < -0.4 is 11.8 Å². The second-order valence-corrected chi connectivity index (χ2v) is 2.48. The molecular formula is C9H9NO3. The number of benzene rings is 1. The van der Waals surface area contributed by atoms with E-state index < -0.39 is 5.63 Å². The fourth-order valence-corrected chi connectivity index (χ4v) is 1.05. The Labute approximate surface area is 74.0 Å². The molecule has 0 aliphatic heterocycles. The lowest BCUT2D eigenvalue weighted by Gasteiger charge is -1.94. The Bertz CT molecular complexity index is 475. The number of rotatable bonds is 0. The van der Waals surface area contributed by atoms with Crippen LogP contribution in [0.4, 0.5) is 0 Å². The normalized spacial score (nSPS) is 9.54. The molecule has 0 saturated carbocycles. The van der Waals surface area contributed by atoms with Crippen molar-refractivity contribution in [1.82, 2.24) is 6.15 Å². The average molecular weight is 179 g/mol. The quantitative estimate of drug-likeness (QED) is 0.602. The van der Waals surface area contributed by atoms with E-state index in [1.165, 1.54) is 12.1 Å². The van der Waals surface area contributed by atoms with Crippen molar-refractivity contribution in [3.05, 3.63) is 40.8 Å². The van der Waals surface area contributed by atoms with E-state index in [2.05, 4.69) is 0 Å². The van der Waals surface area contributed by atoms with E-state index in [0.29, 0.717) is 5.58 Å². The van der Waals surface area contributed by atoms with Gasteiger partial charge in [0.25, 0.3) is 0 Å². The van der Waals surface area contributed by atoms with Crippen LogP contribution in [0, 0.1) is 0 Å². The molecule has 4 N–H and O–H groups in total. The summed E-state index contributed by atoms with van der Waals surface area (Å²) >= 11 is 0. The van der Waals surface area contributed by atoms with Gasteiger partial charge in [0.05, 0.1) is 0 Å². The Morgan fingerprint density at radius 2 is 1.85 bits per heavy atom. The Morgan fingerprint density at radius 1 is 1.15 bits per heavy atom. The van der Waals surface area contributed by atoms with E-state index >= 15 is 0 Å². The zero-order valence-electron chi connectivity index (χ0n) is 6.86. The van der Waals surface area contributed by atoms with Gasteiger partial charge >= 0.3 is 5.63 Å². The summed E-state index contributed by atoms with van der Waals surface area (Å²) in [7, 11) is 0. The first kappa shape index (κ1) is 9.28. The fourth-order valence-electron chi connectivity index (χ4n) is 1.05. The summed E-state index contributed by atoms with van der Waals surface area (Å²) in [4.78, 5) is 10.7. The van der Waals surface area contributed by atoms with Gasteiger partial charge in [-0.15, -0.1) is 0 Å². The van der Waals surface area contributed by atoms with Gasteiger partial charge in [-0.1, -0.05) is 0 Å². The van der Waals surface area contributed by atoms with Gasteiger partial charge in [-0.3, -0.25) is 0 Å². The molecule has 0 fully saturated rings. The molecule has 0 bridgehead atoms. The first-order valence-corrected chi connectivity index (χ1v) is 3.48. The Hall–Kier alpha value is -1.81. The van der Waals surface area contributed by atoms with Gasteiger partial charge < -0.3 is 15.7 Å². The lowest BCUT2D eigenvalue weighted by atomic mass is 10.2. The molecule has 2 aromatic rings. The van der Waals surface area contributed by atoms with Crippen molar-refractivity contribution in [3.8, 4) is 5.75 Å². The summed E-state index contributed by atoms with van der Waals surface area (Å²) in [6, 6.07) is 7.65. The number of phenolic OH excluding ortho intramolecular Hbond substituents is 1. The van der Waals surface area contributed by atoms with Crippen LogP contribution in [0.2, 0.25) is 0 Å². The topological polar surface area (TPSA) is 85.4 Å². The highest BCUT2D eigenvalue weighted by molar-refractivity contribution is 5.77. The number of fused-ring (bicyclic) bond motifs is 1. The first-order valence-electron chi connectivity index (χ1n) is 3.48. The molecule has 1 aromatic heterocycles. The molecule has 0 radical (unpaired) electrons. The lowest BCUT2D eigenvalue weighted by Crippen LogP contribution is -1.93. The number of hydrogen-bond acceptors (Lipinski definition) is 4. The van der Waals surface area contributed by atoms with Gasteiger partial charge in [-0.2, -0.15) is 0 Å². The Balaban J connectivity index is 0.000000845. The van der Waals surface area contributed by atoms with Gasteiger partial charge in [0.2, 0.25) is 0 Å². The van der Waals surface area contributed by atoms with Crippen molar-refractivity contribution < 1.29 is 9.52 Å². The highest BCUT2D eigenvalue weighted by atomic mass is 16.4. The van der Waals surface area contributed by atoms with Crippen LogP contribution in [-0.2, 0) is 0 Å². The SMILES string of the molecule is N.O=c1ccc2ccc(O)cc2o1. The molecule has 4 nitrogen and oxygen atoms in total. The number of hydrogen-bond donors (Lipinski definition) is 2. The summed E-state index contributed by atoms with van der Waals surface area (Å²) in [5, 5.41) is 9.86. The maximum absolute atomic E-state index is 10.7. The van der Waals surface area contributed by atoms with Gasteiger partial charge in [0, 0.05) is 17.5 Å². The van der Waals surface area contributed by atoms with Crippen molar-refractivity contribution in [1.29, 1.82) is 0 Å². The largest absolute Gasteiger partial charge is 0.508 e. The second-order valence-electron chi connectivity index (χ2n) is 2.48. The number of aromatic hydroxyl groups is 1. The summed E-state index contributed by atoms with van der Waals surface area (Å²) in [6.07, 6.45) is 0. The Kier molecular flexibility index (Phi) is 2.34. The van der Waals surface area contributed by atoms with Crippen molar-refractivity contribution >= 4 is 11.0 Å². The third kappa shape index (κ3) is 1.68. The monoisotopic (exact) mass is 179 g/mol. The first-order chi connectivity index (χ1) is 5.75. The predicted octanol–water partition coefficient (Wildman–Crippen LogP) is 1.66. The minimum absolute atomic E-state index is 0. The zero-order chi connectivity index (χ0) is 8.55. The second kappa shape index (κ2) is 3.28. The van der Waals surface area contributed by atoms with E-state index in [1.54, 1.807) is 18.2 Å². The standard InChI is InChI=1S/C9H6O3.H3N/c10-7-3-1-6-2-4-9(11)12-8(6)5-7;/h1-5,10H;1H3. The highest BCUT2D eigenvalue weighted by Gasteiger charge is 1.96. The van der Waals surface area contributed by atoms with Crippen LogP contribution in [0.5, 0.6) is 5.75 Å². The number of phenols is 1. The molecular weight excluding hydrogens is 170 g/mol. The molecule has 0 atom stereocenters. The third-order valence-corrected chi connectivity index (χ3v) is 1.61. The highest BCUT2D eigenvalue weighted by Crippen LogP contribution is 2.17. The molecule has 4 heteroatoms. The smallest absolute Gasteiger partial charge is 0.336 e. The van der Waals surface area contributed by atoms with Gasteiger partial charge in [0.15, 0.2) is 0 Å². The lowest BCUT2D eigenvalue weighted by molar-refractivity contribution is 0.473. The summed E-state index contributed by atoms with van der Waals surface area (Å²) in [5.41, 5.74) is -0.00407. The van der Waals surface area contributed by atoms with Crippen LogP contribution in [-0.4, -0.2) is 5.11 Å². The van der Waals surface area contributed by atoms with Crippen LogP contribution in [0.1, 0.15) is 0 Å². The fraction of sp³-hybridized carbons (Fsp3) is 0. The molecule has 0 aliphatic rings. The maximum Gasteiger partial charge on any atom is 0.336 e.